The van der Waals surface area contributed by atoms with Crippen molar-refractivity contribution in [2.45, 2.75) is 12.6 Å². The first-order valence-electron chi connectivity index (χ1n) is 8.78. The molecule has 0 unspecified atom stereocenters. The molecule has 0 spiro atoms. The molecule has 0 bridgehead atoms. The lowest BCUT2D eigenvalue weighted by Crippen LogP contribution is -2.29. The van der Waals surface area contributed by atoms with Crippen LogP contribution in [0.3, 0.4) is 0 Å². The van der Waals surface area contributed by atoms with Gasteiger partial charge in [0.25, 0.3) is 5.91 Å². The van der Waals surface area contributed by atoms with Crippen LogP contribution in [0.15, 0.2) is 85.0 Å². The number of carbonyl (C=O) groups is 1. The number of benzene rings is 2. The van der Waals surface area contributed by atoms with Gasteiger partial charge in [0.05, 0.1) is 29.8 Å². The SMILES string of the molecule is O=C1c2oc3ccccc3c(=O)c2[C@H](c2ccc(Br)cc2)N1Cc1ccco1. The summed E-state index contributed by atoms with van der Waals surface area (Å²) in [5.74, 6) is 0.422. The van der Waals surface area contributed by atoms with Crippen LogP contribution in [-0.2, 0) is 6.54 Å². The predicted octanol–water partition coefficient (Wildman–Crippen LogP) is 4.89. The van der Waals surface area contributed by atoms with Gasteiger partial charge in [-0.05, 0) is 42.0 Å². The predicted molar refractivity (Wildman–Crippen MR) is 107 cm³/mol. The molecule has 28 heavy (non-hydrogen) atoms. The van der Waals surface area contributed by atoms with E-state index in [9.17, 15) is 9.59 Å². The molecule has 5 rings (SSSR count). The molecule has 1 atom stereocenters. The van der Waals surface area contributed by atoms with E-state index in [0.717, 1.165) is 10.0 Å². The van der Waals surface area contributed by atoms with Crippen LogP contribution in [0, 0.1) is 0 Å². The van der Waals surface area contributed by atoms with Gasteiger partial charge in [0.15, 0.2) is 5.43 Å². The second-order valence-electron chi connectivity index (χ2n) is 6.64. The average Bonchev–Trinajstić information content (AvgIpc) is 3.31. The maximum absolute atomic E-state index is 13.3. The molecule has 2 aromatic heterocycles. The zero-order chi connectivity index (χ0) is 19.3. The molecule has 1 aliphatic heterocycles. The molecule has 1 aliphatic rings. The molecule has 2 aromatic carbocycles. The summed E-state index contributed by atoms with van der Waals surface area (Å²) in [4.78, 5) is 28.1. The van der Waals surface area contributed by atoms with Crippen LogP contribution in [0.25, 0.3) is 11.0 Å². The van der Waals surface area contributed by atoms with Crippen molar-refractivity contribution in [1.82, 2.24) is 4.90 Å². The summed E-state index contributed by atoms with van der Waals surface area (Å²) in [5.41, 5.74) is 1.44. The molecule has 5 nitrogen and oxygen atoms in total. The molecule has 0 saturated carbocycles. The number of nitrogens with zero attached hydrogens (tertiary/aromatic N) is 1. The highest BCUT2D eigenvalue weighted by molar-refractivity contribution is 9.10. The highest BCUT2D eigenvalue weighted by Crippen LogP contribution is 2.39. The first kappa shape index (κ1) is 17.0. The fraction of sp³-hybridized carbons (Fsp3) is 0.0909. The summed E-state index contributed by atoms with van der Waals surface area (Å²) >= 11 is 3.43. The smallest absolute Gasteiger partial charge is 0.291 e. The van der Waals surface area contributed by atoms with Crippen LogP contribution in [0.2, 0.25) is 0 Å². The van der Waals surface area contributed by atoms with Crippen molar-refractivity contribution in [3.63, 3.8) is 0 Å². The Morgan fingerprint density at radius 1 is 0.964 bits per heavy atom. The highest BCUT2D eigenvalue weighted by atomic mass is 79.9. The third-order valence-corrected chi connectivity index (χ3v) is 5.49. The maximum atomic E-state index is 13.3. The summed E-state index contributed by atoms with van der Waals surface area (Å²) in [7, 11) is 0. The molecule has 0 fully saturated rings. The summed E-state index contributed by atoms with van der Waals surface area (Å²) in [6.45, 7) is 0.243. The Hall–Kier alpha value is -3.12. The quantitative estimate of drug-likeness (QED) is 0.459. The number of fused-ring (bicyclic) bond motifs is 2. The number of halogens is 1. The number of amides is 1. The topological polar surface area (TPSA) is 63.7 Å². The molecule has 138 valence electrons. The van der Waals surface area contributed by atoms with Crippen molar-refractivity contribution < 1.29 is 13.6 Å². The first-order valence-corrected chi connectivity index (χ1v) is 9.57. The normalized spacial score (nSPS) is 16.0. The van der Waals surface area contributed by atoms with Gasteiger partial charge in [-0.25, -0.2) is 0 Å². The summed E-state index contributed by atoms with van der Waals surface area (Å²) in [6.07, 6.45) is 1.56. The number of carbonyl (C=O) groups excluding carboxylic acids is 1. The highest BCUT2D eigenvalue weighted by Gasteiger charge is 2.43. The third kappa shape index (κ3) is 2.60. The minimum Gasteiger partial charge on any atom is -0.467 e. The van der Waals surface area contributed by atoms with E-state index in [1.165, 1.54) is 0 Å². The van der Waals surface area contributed by atoms with Crippen LogP contribution in [0.1, 0.15) is 33.5 Å². The second kappa shape index (κ2) is 6.49. The third-order valence-electron chi connectivity index (χ3n) is 4.97. The summed E-state index contributed by atoms with van der Waals surface area (Å²) in [5, 5.41) is 0.469. The van der Waals surface area contributed by atoms with E-state index in [1.807, 2.05) is 24.3 Å². The maximum Gasteiger partial charge on any atom is 0.291 e. The van der Waals surface area contributed by atoms with Crippen molar-refractivity contribution in [2.24, 2.45) is 0 Å². The van der Waals surface area contributed by atoms with E-state index < -0.39 is 6.04 Å². The summed E-state index contributed by atoms with van der Waals surface area (Å²) < 4.78 is 12.3. The van der Waals surface area contributed by atoms with Crippen molar-refractivity contribution in [3.8, 4) is 0 Å². The number of hydrogen-bond donors (Lipinski definition) is 0. The Labute approximate surface area is 168 Å². The van der Waals surface area contributed by atoms with Crippen molar-refractivity contribution >= 4 is 32.8 Å². The number of hydrogen-bond acceptors (Lipinski definition) is 4. The zero-order valence-corrected chi connectivity index (χ0v) is 16.2. The van der Waals surface area contributed by atoms with E-state index >= 15 is 0 Å². The minimum absolute atomic E-state index is 0.100. The fourth-order valence-corrected chi connectivity index (χ4v) is 3.96. The van der Waals surface area contributed by atoms with Gasteiger partial charge in [0.2, 0.25) is 5.76 Å². The number of para-hydroxylation sites is 1. The lowest BCUT2D eigenvalue weighted by Gasteiger charge is -2.24. The van der Waals surface area contributed by atoms with E-state index in [2.05, 4.69) is 15.9 Å². The zero-order valence-electron chi connectivity index (χ0n) is 14.6. The molecule has 4 aromatic rings. The van der Waals surface area contributed by atoms with E-state index in [4.69, 9.17) is 8.83 Å². The average molecular weight is 436 g/mol. The number of furan rings is 1. The van der Waals surface area contributed by atoms with Crippen LogP contribution in [0.4, 0.5) is 0 Å². The molecular formula is C22H14BrNO4. The first-order chi connectivity index (χ1) is 13.6. The molecule has 0 N–H and O–H groups in total. The van der Waals surface area contributed by atoms with E-state index in [-0.39, 0.29) is 23.6 Å². The molecule has 6 heteroatoms. The Morgan fingerprint density at radius 2 is 1.75 bits per heavy atom. The van der Waals surface area contributed by atoms with Gasteiger partial charge in [-0.15, -0.1) is 0 Å². The fourth-order valence-electron chi connectivity index (χ4n) is 3.69. The van der Waals surface area contributed by atoms with Gasteiger partial charge in [-0.2, -0.15) is 0 Å². The summed E-state index contributed by atoms with van der Waals surface area (Å²) in [6, 6.07) is 17.6. The van der Waals surface area contributed by atoms with Crippen LogP contribution in [0.5, 0.6) is 0 Å². The van der Waals surface area contributed by atoms with Gasteiger partial charge in [-0.3, -0.25) is 9.59 Å². The van der Waals surface area contributed by atoms with Gasteiger partial charge in [-0.1, -0.05) is 40.2 Å². The lowest BCUT2D eigenvalue weighted by molar-refractivity contribution is 0.0701. The van der Waals surface area contributed by atoms with Gasteiger partial charge in [0.1, 0.15) is 11.3 Å². The molecule has 1 amide bonds. The second-order valence-corrected chi connectivity index (χ2v) is 7.55. The minimum atomic E-state index is -0.540. The van der Waals surface area contributed by atoms with Crippen LogP contribution in [-0.4, -0.2) is 10.8 Å². The molecule has 0 radical (unpaired) electrons. The van der Waals surface area contributed by atoms with Crippen LogP contribution >= 0.6 is 15.9 Å². The molecule has 0 aliphatic carbocycles. The van der Waals surface area contributed by atoms with Gasteiger partial charge < -0.3 is 13.7 Å². The van der Waals surface area contributed by atoms with Crippen molar-refractivity contribution in [2.75, 3.05) is 0 Å². The van der Waals surface area contributed by atoms with Gasteiger partial charge >= 0.3 is 0 Å². The molecule has 3 heterocycles. The number of rotatable bonds is 3. The lowest BCUT2D eigenvalue weighted by atomic mass is 9.98. The Kier molecular flexibility index (Phi) is 3.94. The Bertz CT molecular complexity index is 1240. The van der Waals surface area contributed by atoms with E-state index in [1.54, 1.807) is 47.6 Å². The molecule has 0 saturated heterocycles. The largest absolute Gasteiger partial charge is 0.467 e. The van der Waals surface area contributed by atoms with Gasteiger partial charge in [0, 0.05) is 4.47 Å². The van der Waals surface area contributed by atoms with Crippen molar-refractivity contribution in [3.05, 3.63) is 104 Å². The standard InChI is InChI=1S/C22H14BrNO4/c23-14-9-7-13(8-10-14)19-18-20(25)16-5-1-2-6-17(16)28-21(18)22(26)24(19)12-15-4-3-11-27-15/h1-11,19H,12H2/t19-/m0/s1. The van der Waals surface area contributed by atoms with Crippen LogP contribution < -0.4 is 5.43 Å². The monoisotopic (exact) mass is 435 g/mol. The molecular weight excluding hydrogens is 422 g/mol. The Balaban J connectivity index is 1.75. The van der Waals surface area contributed by atoms with E-state index in [0.29, 0.717) is 22.3 Å². The van der Waals surface area contributed by atoms with Crippen molar-refractivity contribution in [1.29, 1.82) is 0 Å². The Morgan fingerprint density at radius 3 is 2.50 bits per heavy atom.